The van der Waals surface area contributed by atoms with E-state index in [9.17, 15) is 0 Å². The number of para-hydroxylation sites is 1. The summed E-state index contributed by atoms with van der Waals surface area (Å²) in [5.41, 5.74) is 3.57. The Morgan fingerprint density at radius 3 is 2.90 bits per heavy atom. The summed E-state index contributed by atoms with van der Waals surface area (Å²) in [6, 6.07) is 7.54. The Labute approximate surface area is 125 Å². The van der Waals surface area contributed by atoms with Gasteiger partial charge in [-0.25, -0.2) is 4.98 Å². The van der Waals surface area contributed by atoms with Crippen LogP contribution in [0, 0.1) is 6.92 Å². The smallest absolute Gasteiger partial charge is 0.125 e. The lowest BCUT2D eigenvalue weighted by Gasteiger charge is -2.36. The molecule has 1 fully saturated rings. The number of likely N-dealkylation sites (tertiary alicyclic amines) is 1. The number of alkyl halides is 1. The molecule has 1 saturated heterocycles. The Hall–Kier alpha value is -1.06. The fraction of sp³-hybridized carbons (Fsp3) is 0.562. The quantitative estimate of drug-likeness (QED) is 0.786. The highest BCUT2D eigenvalue weighted by Gasteiger charge is 2.27. The molecule has 2 heterocycles. The maximum absolute atomic E-state index is 6.15. The highest BCUT2D eigenvalue weighted by Crippen LogP contribution is 2.32. The number of aromatic nitrogens is 2. The second-order valence-electron chi connectivity index (χ2n) is 5.98. The van der Waals surface area contributed by atoms with Crippen LogP contribution in [0.2, 0.25) is 0 Å². The van der Waals surface area contributed by atoms with Gasteiger partial charge in [-0.05, 0) is 45.4 Å². The van der Waals surface area contributed by atoms with E-state index in [0.717, 1.165) is 17.9 Å². The summed E-state index contributed by atoms with van der Waals surface area (Å²) in [5, 5.41) is 0. The van der Waals surface area contributed by atoms with Gasteiger partial charge < -0.3 is 9.47 Å². The Balaban J connectivity index is 2.08. The third-order valence-electron chi connectivity index (χ3n) is 4.66. The van der Waals surface area contributed by atoms with Gasteiger partial charge in [0.1, 0.15) is 5.82 Å². The van der Waals surface area contributed by atoms with Crippen LogP contribution >= 0.6 is 11.6 Å². The van der Waals surface area contributed by atoms with Gasteiger partial charge in [-0.3, -0.25) is 0 Å². The molecule has 1 aromatic heterocycles. The summed E-state index contributed by atoms with van der Waals surface area (Å²) >= 11 is 6.15. The van der Waals surface area contributed by atoms with Crippen LogP contribution in [0.1, 0.15) is 37.2 Å². The van der Waals surface area contributed by atoms with Crippen molar-refractivity contribution in [2.24, 2.45) is 0 Å². The van der Waals surface area contributed by atoms with Gasteiger partial charge in [0.15, 0.2) is 0 Å². The third-order valence-corrected chi connectivity index (χ3v) is 4.90. The molecule has 0 N–H and O–H groups in total. The maximum atomic E-state index is 6.15. The van der Waals surface area contributed by atoms with Crippen LogP contribution in [-0.4, -0.2) is 34.1 Å². The van der Waals surface area contributed by atoms with Crippen LogP contribution in [0.25, 0.3) is 11.0 Å². The number of hydrogen-bond donors (Lipinski definition) is 0. The van der Waals surface area contributed by atoms with Crippen LogP contribution in [0.15, 0.2) is 18.2 Å². The standard InChI is InChI=1S/C16H22ClN3/c1-11-5-4-6-14-16(11)18-15(10-17)20(14)13-7-8-19(3)12(2)9-13/h4-6,12-13H,7-10H2,1-3H3. The predicted octanol–water partition coefficient (Wildman–Crippen LogP) is 3.74. The molecule has 3 nitrogen and oxygen atoms in total. The molecule has 2 atom stereocenters. The van der Waals surface area contributed by atoms with Gasteiger partial charge in [-0.2, -0.15) is 0 Å². The van der Waals surface area contributed by atoms with Crippen molar-refractivity contribution in [3.63, 3.8) is 0 Å². The van der Waals surface area contributed by atoms with Crippen molar-refractivity contribution in [1.82, 2.24) is 14.5 Å². The minimum absolute atomic E-state index is 0.481. The molecule has 0 spiro atoms. The Morgan fingerprint density at radius 1 is 1.40 bits per heavy atom. The molecule has 1 aromatic carbocycles. The molecule has 3 rings (SSSR count). The molecule has 20 heavy (non-hydrogen) atoms. The zero-order valence-electron chi connectivity index (χ0n) is 12.4. The fourth-order valence-electron chi connectivity index (χ4n) is 3.31. The zero-order chi connectivity index (χ0) is 14.3. The summed E-state index contributed by atoms with van der Waals surface area (Å²) in [6.07, 6.45) is 2.34. The average molecular weight is 292 g/mol. The molecule has 108 valence electrons. The normalized spacial score (nSPS) is 24.4. The van der Waals surface area contributed by atoms with Gasteiger partial charge in [0, 0.05) is 18.6 Å². The SMILES string of the molecule is Cc1cccc2c1nc(CCl)n2C1CCN(C)C(C)C1. The number of hydrogen-bond acceptors (Lipinski definition) is 2. The summed E-state index contributed by atoms with van der Waals surface area (Å²) in [6.45, 7) is 5.56. The first-order valence-corrected chi connectivity index (χ1v) is 7.88. The summed E-state index contributed by atoms with van der Waals surface area (Å²) in [7, 11) is 2.21. The number of nitrogens with zero attached hydrogens (tertiary/aromatic N) is 3. The van der Waals surface area contributed by atoms with Gasteiger partial charge >= 0.3 is 0 Å². The lowest BCUT2D eigenvalue weighted by molar-refractivity contribution is 0.157. The van der Waals surface area contributed by atoms with Crippen LogP contribution in [-0.2, 0) is 5.88 Å². The van der Waals surface area contributed by atoms with Crippen LogP contribution in [0.3, 0.4) is 0 Å². The van der Waals surface area contributed by atoms with E-state index >= 15 is 0 Å². The van der Waals surface area contributed by atoms with E-state index in [1.807, 2.05) is 0 Å². The van der Waals surface area contributed by atoms with Crippen LogP contribution < -0.4 is 0 Å². The summed E-state index contributed by atoms with van der Waals surface area (Å²) in [5.74, 6) is 1.49. The van der Waals surface area contributed by atoms with Crippen molar-refractivity contribution in [2.45, 2.75) is 44.7 Å². The molecular weight excluding hydrogens is 270 g/mol. The van der Waals surface area contributed by atoms with Crippen molar-refractivity contribution in [3.8, 4) is 0 Å². The number of piperidine rings is 1. The first-order chi connectivity index (χ1) is 9.61. The summed E-state index contributed by atoms with van der Waals surface area (Å²) in [4.78, 5) is 7.20. The monoisotopic (exact) mass is 291 g/mol. The molecule has 1 aliphatic rings. The molecule has 0 bridgehead atoms. The number of halogens is 1. The molecule has 2 unspecified atom stereocenters. The number of rotatable bonds is 2. The minimum Gasteiger partial charge on any atom is -0.324 e. The molecule has 0 amide bonds. The molecule has 0 saturated carbocycles. The molecule has 0 aliphatic carbocycles. The van der Waals surface area contributed by atoms with E-state index in [1.54, 1.807) is 0 Å². The summed E-state index contributed by atoms with van der Waals surface area (Å²) < 4.78 is 2.39. The highest BCUT2D eigenvalue weighted by atomic mass is 35.5. The van der Waals surface area contributed by atoms with E-state index in [2.05, 4.69) is 48.6 Å². The number of aryl methyl sites for hydroxylation is 1. The number of fused-ring (bicyclic) bond motifs is 1. The Kier molecular flexibility index (Phi) is 3.74. The van der Waals surface area contributed by atoms with Crippen LogP contribution in [0.5, 0.6) is 0 Å². The van der Waals surface area contributed by atoms with E-state index in [1.165, 1.54) is 23.9 Å². The Morgan fingerprint density at radius 2 is 2.20 bits per heavy atom. The lowest BCUT2D eigenvalue weighted by atomic mass is 9.98. The molecule has 1 aliphatic heterocycles. The van der Waals surface area contributed by atoms with Crippen molar-refractivity contribution in [2.75, 3.05) is 13.6 Å². The number of imidazole rings is 1. The Bertz CT molecular complexity index is 619. The molecule has 2 aromatic rings. The van der Waals surface area contributed by atoms with E-state index in [4.69, 9.17) is 16.6 Å². The molecular formula is C16H22ClN3. The van der Waals surface area contributed by atoms with Gasteiger partial charge in [0.05, 0.1) is 16.9 Å². The van der Waals surface area contributed by atoms with Crippen molar-refractivity contribution >= 4 is 22.6 Å². The topological polar surface area (TPSA) is 21.1 Å². The fourth-order valence-corrected chi connectivity index (χ4v) is 3.49. The zero-order valence-corrected chi connectivity index (χ0v) is 13.2. The third kappa shape index (κ3) is 2.23. The van der Waals surface area contributed by atoms with E-state index in [0.29, 0.717) is 18.0 Å². The van der Waals surface area contributed by atoms with Crippen molar-refractivity contribution in [3.05, 3.63) is 29.6 Å². The average Bonchev–Trinajstić information content (AvgIpc) is 2.82. The highest BCUT2D eigenvalue weighted by molar-refractivity contribution is 6.16. The maximum Gasteiger partial charge on any atom is 0.125 e. The first-order valence-electron chi connectivity index (χ1n) is 7.34. The van der Waals surface area contributed by atoms with Gasteiger partial charge in [-0.15, -0.1) is 11.6 Å². The molecule has 4 heteroatoms. The predicted molar refractivity (Wildman–Crippen MR) is 84.4 cm³/mol. The van der Waals surface area contributed by atoms with Gasteiger partial charge in [0.2, 0.25) is 0 Å². The largest absolute Gasteiger partial charge is 0.324 e. The lowest BCUT2D eigenvalue weighted by Crippen LogP contribution is -2.38. The first kappa shape index (κ1) is 13.9. The van der Waals surface area contributed by atoms with Crippen molar-refractivity contribution in [1.29, 1.82) is 0 Å². The van der Waals surface area contributed by atoms with Gasteiger partial charge in [-0.1, -0.05) is 12.1 Å². The number of benzene rings is 1. The second kappa shape index (κ2) is 5.38. The second-order valence-corrected chi connectivity index (χ2v) is 6.25. The molecule has 0 radical (unpaired) electrons. The van der Waals surface area contributed by atoms with E-state index < -0.39 is 0 Å². The van der Waals surface area contributed by atoms with E-state index in [-0.39, 0.29) is 0 Å². The van der Waals surface area contributed by atoms with Crippen LogP contribution in [0.4, 0.5) is 0 Å². The minimum atomic E-state index is 0.481. The van der Waals surface area contributed by atoms with Crippen molar-refractivity contribution < 1.29 is 0 Å². The van der Waals surface area contributed by atoms with Gasteiger partial charge in [0.25, 0.3) is 0 Å².